The smallest absolute Gasteiger partial charge is 0.407 e. The van der Waals surface area contributed by atoms with Gasteiger partial charge in [0.1, 0.15) is 0 Å². The van der Waals surface area contributed by atoms with E-state index >= 15 is 0 Å². The van der Waals surface area contributed by atoms with E-state index in [2.05, 4.69) is 0 Å². The van der Waals surface area contributed by atoms with Crippen molar-refractivity contribution in [1.82, 2.24) is 9.21 Å². The quantitative estimate of drug-likeness (QED) is 0.415. The summed E-state index contributed by atoms with van der Waals surface area (Å²) in [6, 6.07) is 2.82. The van der Waals surface area contributed by atoms with Crippen LogP contribution in [0.4, 0.5) is 10.5 Å². The van der Waals surface area contributed by atoms with Gasteiger partial charge in [0.25, 0.3) is 5.69 Å². The predicted molar refractivity (Wildman–Crippen MR) is 96.2 cm³/mol. The van der Waals surface area contributed by atoms with Gasteiger partial charge in [0, 0.05) is 31.3 Å². The van der Waals surface area contributed by atoms with E-state index in [4.69, 9.17) is 4.74 Å². The fraction of sp³-hybridized carbons (Fsp3) is 0.500. The van der Waals surface area contributed by atoms with Crippen molar-refractivity contribution in [2.24, 2.45) is 0 Å². The number of carboxylic acid groups (broad SMARTS) is 1. The Balaban J connectivity index is 2.30. The largest absolute Gasteiger partial charge is 0.466 e. The van der Waals surface area contributed by atoms with Crippen molar-refractivity contribution < 1.29 is 32.8 Å². The topological polar surface area (TPSA) is 147 Å². The number of sulfonamides is 1. The molecule has 2 atom stereocenters. The number of amides is 1. The normalized spacial score (nSPS) is 20.6. The highest BCUT2D eigenvalue weighted by atomic mass is 32.2. The summed E-state index contributed by atoms with van der Waals surface area (Å²) in [5.74, 6) is -0.625. The molecular weight excluding hydrogens is 394 g/mol. The van der Waals surface area contributed by atoms with Crippen LogP contribution in [0.5, 0.6) is 0 Å². The van der Waals surface area contributed by atoms with Crippen LogP contribution in [-0.4, -0.2) is 71.5 Å². The molecule has 0 bridgehead atoms. The Morgan fingerprint density at radius 2 is 1.89 bits per heavy atom. The van der Waals surface area contributed by atoms with Gasteiger partial charge in [-0.05, 0) is 26.0 Å². The number of benzene rings is 1. The standard InChI is InChI=1S/C16H21N3O8S/c1-3-27-15(20)8-13-10-17(9-11(2)18(13)16(21)22)28(25,26)14-6-4-12(5-7-14)19(23)24/h4-7,11,13H,3,8-10H2,1-2H3,(H,21,22)/t11-,13-/m0/s1. The van der Waals surface area contributed by atoms with E-state index in [9.17, 15) is 33.2 Å². The number of non-ortho nitro benzene ring substituents is 1. The summed E-state index contributed by atoms with van der Waals surface area (Å²) >= 11 is 0. The Hall–Kier alpha value is -2.73. The van der Waals surface area contributed by atoms with Crippen LogP contribution in [0.15, 0.2) is 29.2 Å². The summed E-state index contributed by atoms with van der Waals surface area (Å²) in [5.41, 5.74) is -0.247. The number of ether oxygens (including phenoxy) is 1. The average molecular weight is 415 g/mol. The number of nitro benzene ring substituents is 1. The second kappa shape index (κ2) is 8.52. The molecule has 1 amide bonds. The maximum absolute atomic E-state index is 12.9. The van der Waals surface area contributed by atoms with Crippen molar-refractivity contribution in [3.63, 3.8) is 0 Å². The van der Waals surface area contributed by atoms with Crippen LogP contribution in [0.25, 0.3) is 0 Å². The van der Waals surface area contributed by atoms with Crippen LogP contribution in [0, 0.1) is 10.1 Å². The number of rotatable bonds is 6. The first kappa shape index (κ1) is 21.6. The molecule has 0 radical (unpaired) electrons. The molecule has 1 aromatic rings. The minimum atomic E-state index is -4.03. The number of hydrogen-bond donors (Lipinski definition) is 1. The van der Waals surface area contributed by atoms with Crippen molar-refractivity contribution in [3.8, 4) is 0 Å². The summed E-state index contributed by atoms with van der Waals surface area (Å²) in [6.45, 7) is 2.95. The van der Waals surface area contributed by atoms with Crippen LogP contribution in [-0.2, 0) is 19.6 Å². The molecule has 1 fully saturated rings. The third-order valence-electron chi connectivity index (χ3n) is 4.36. The molecule has 1 aromatic carbocycles. The molecule has 0 spiro atoms. The van der Waals surface area contributed by atoms with Gasteiger partial charge < -0.3 is 9.84 Å². The van der Waals surface area contributed by atoms with E-state index in [0.29, 0.717) is 0 Å². The summed E-state index contributed by atoms with van der Waals surface area (Å²) in [6.07, 6.45) is -1.54. The number of esters is 1. The van der Waals surface area contributed by atoms with E-state index in [0.717, 1.165) is 33.5 Å². The van der Waals surface area contributed by atoms with Gasteiger partial charge in [-0.15, -0.1) is 0 Å². The Labute approximate surface area is 161 Å². The maximum Gasteiger partial charge on any atom is 0.407 e. The Bertz CT molecular complexity index is 855. The van der Waals surface area contributed by atoms with Gasteiger partial charge in [0.2, 0.25) is 10.0 Å². The summed E-state index contributed by atoms with van der Waals surface area (Å²) < 4.78 is 31.8. The first-order valence-electron chi connectivity index (χ1n) is 8.49. The molecule has 28 heavy (non-hydrogen) atoms. The van der Waals surface area contributed by atoms with Crippen LogP contribution >= 0.6 is 0 Å². The van der Waals surface area contributed by atoms with Crippen molar-refractivity contribution in [3.05, 3.63) is 34.4 Å². The molecule has 1 N–H and O–H groups in total. The molecule has 1 aliphatic rings. The SMILES string of the molecule is CCOC(=O)C[C@H]1CN(S(=O)(=O)c2ccc([N+](=O)[O-])cc2)C[C@H](C)N1C(=O)O. The highest BCUT2D eigenvalue weighted by Crippen LogP contribution is 2.26. The molecule has 1 heterocycles. The van der Waals surface area contributed by atoms with Gasteiger partial charge >= 0.3 is 12.1 Å². The lowest BCUT2D eigenvalue weighted by atomic mass is 10.1. The monoisotopic (exact) mass is 415 g/mol. The van der Waals surface area contributed by atoms with E-state index in [1.165, 1.54) is 0 Å². The third-order valence-corrected chi connectivity index (χ3v) is 6.21. The molecule has 1 saturated heterocycles. The molecule has 0 aliphatic carbocycles. The molecule has 0 unspecified atom stereocenters. The van der Waals surface area contributed by atoms with Gasteiger partial charge in [-0.2, -0.15) is 4.31 Å². The summed E-state index contributed by atoms with van der Waals surface area (Å²) in [4.78, 5) is 34.4. The summed E-state index contributed by atoms with van der Waals surface area (Å²) in [5, 5.41) is 20.2. The van der Waals surface area contributed by atoms with Crippen molar-refractivity contribution in [2.75, 3.05) is 19.7 Å². The minimum absolute atomic E-state index is 0.106. The lowest BCUT2D eigenvalue weighted by Crippen LogP contribution is -2.60. The third kappa shape index (κ3) is 4.57. The molecular formula is C16H21N3O8S. The van der Waals surface area contributed by atoms with Crippen LogP contribution in [0.3, 0.4) is 0 Å². The first-order valence-corrected chi connectivity index (χ1v) is 9.93. The molecule has 154 valence electrons. The molecule has 2 rings (SSSR count). The second-order valence-electron chi connectivity index (χ2n) is 6.27. The molecule has 0 saturated carbocycles. The zero-order valence-electron chi connectivity index (χ0n) is 15.3. The van der Waals surface area contributed by atoms with Crippen molar-refractivity contribution in [2.45, 2.75) is 37.2 Å². The van der Waals surface area contributed by atoms with Crippen LogP contribution in [0.1, 0.15) is 20.3 Å². The number of carbonyl (C=O) groups excluding carboxylic acids is 1. The number of piperazine rings is 1. The maximum atomic E-state index is 12.9. The lowest BCUT2D eigenvalue weighted by Gasteiger charge is -2.43. The number of nitro groups is 1. The fourth-order valence-corrected chi connectivity index (χ4v) is 4.70. The highest BCUT2D eigenvalue weighted by molar-refractivity contribution is 7.89. The molecule has 11 nitrogen and oxygen atoms in total. The van der Waals surface area contributed by atoms with Gasteiger partial charge in [-0.3, -0.25) is 19.8 Å². The van der Waals surface area contributed by atoms with E-state index < -0.39 is 39.1 Å². The fourth-order valence-electron chi connectivity index (χ4n) is 3.15. The van der Waals surface area contributed by atoms with Gasteiger partial charge in [-0.25, -0.2) is 13.2 Å². The number of carbonyl (C=O) groups is 2. The minimum Gasteiger partial charge on any atom is -0.466 e. The van der Waals surface area contributed by atoms with E-state index in [1.807, 2.05) is 0 Å². The van der Waals surface area contributed by atoms with E-state index in [-0.39, 0.29) is 36.7 Å². The predicted octanol–water partition coefficient (Wildman–Crippen LogP) is 1.29. The van der Waals surface area contributed by atoms with Crippen LogP contribution < -0.4 is 0 Å². The average Bonchev–Trinajstić information content (AvgIpc) is 2.61. The number of hydrogen-bond acceptors (Lipinski definition) is 7. The first-order chi connectivity index (χ1) is 13.1. The Kier molecular flexibility index (Phi) is 6.56. The Morgan fingerprint density at radius 3 is 2.39 bits per heavy atom. The zero-order chi connectivity index (χ0) is 21.1. The highest BCUT2D eigenvalue weighted by Gasteiger charge is 2.41. The van der Waals surface area contributed by atoms with Crippen LogP contribution in [0.2, 0.25) is 0 Å². The van der Waals surface area contributed by atoms with E-state index in [1.54, 1.807) is 13.8 Å². The zero-order valence-corrected chi connectivity index (χ0v) is 16.2. The molecule has 1 aliphatic heterocycles. The molecule has 0 aromatic heterocycles. The van der Waals surface area contributed by atoms with Crippen molar-refractivity contribution in [1.29, 1.82) is 0 Å². The number of nitrogens with zero attached hydrogens (tertiary/aromatic N) is 3. The lowest BCUT2D eigenvalue weighted by molar-refractivity contribution is -0.384. The second-order valence-corrected chi connectivity index (χ2v) is 8.21. The Morgan fingerprint density at radius 1 is 1.29 bits per heavy atom. The van der Waals surface area contributed by atoms with Gasteiger partial charge in [0.15, 0.2) is 0 Å². The van der Waals surface area contributed by atoms with Gasteiger partial charge in [0.05, 0.1) is 28.9 Å². The van der Waals surface area contributed by atoms with Crippen molar-refractivity contribution >= 4 is 27.8 Å². The summed E-state index contributed by atoms with van der Waals surface area (Å²) in [7, 11) is -4.03. The molecule has 12 heteroatoms. The van der Waals surface area contributed by atoms with Gasteiger partial charge in [-0.1, -0.05) is 0 Å².